The van der Waals surface area contributed by atoms with E-state index in [0.29, 0.717) is 16.9 Å². The van der Waals surface area contributed by atoms with E-state index in [9.17, 15) is 22.0 Å². The van der Waals surface area contributed by atoms with Crippen molar-refractivity contribution >= 4 is 17.5 Å². The molecule has 0 amide bonds. The van der Waals surface area contributed by atoms with Gasteiger partial charge in [0.2, 0.25) is 0 Å². The van der Waals surface area contributed by atoms with E-state index in [4.69, 9.17) is 10.5 Å². The first-order valence-electron chi connectivity index (χ1n) is 8.59. The summed E-state index contributed by atoms with van der Waals surface area (Å²) in [6, 6.07) is 7.95. The summed E-state index contributed by atoms with van der Waals surface area (Å²) >= 11 is 0. The quantitative estimate of drug-likeness (QED) is 0.443. The number of halogens is 5. The van der Waals surface area contributed by atoms with Crippen molar-refractivity contribution in [1.82, 2.24) is 0 Å². The lowest BCUT2D eigenvalue weighted by Crippen LogP contribution is -2.53. The first-order chi connectivity index (χ1) is 13.1. The van der Waals surface area contributed by atoms with Crippen molar-refractivity contribution in [2.75, 3.05) is 17.7 Å². The van der Waals surface area contributed by atoms with Crippen molar-refractivity contribution in [3.05, 3.63) is 65.2 Å². The van der Waals surface area contributed by atoms with Crippen LogP contribution >= 0.6 is 0 Å². The molecule has 2 aromatic carbocycles. The molecule has 2 aliphatic rings. The summed E-state index contributed by atoms with van der Waals surface area (Å²) in [5.74, 6) is -3.81. The van der Waals surface area contributed by atoms with Gasteiger partial charge in [-0.05, 0) is 31.2 Å². The molecule has 1 saturated heterocycles. The molecule has 2 aliphatic heterocycles. The third-order valence-corrected chi connectivity index (χ3v) is 5.43. The van der Waals surface area contributed by atoms with Gasteiger partial charge in [0.1, 0.15) is 11.6 Å². The highest BCUT2D eigenvalue weighted by Crippen LogP contribution is 2.58. The van der Waals surface area contributed by atoms with Crippen molar-refractivity contribution in [2.24, 2.45) is 0 Å². The first-order valence-corrected chi connectivity index (χ1v) is 8.59. The van der Waals surface area contributed by atoms with E-state index < -0.39 is 47.0 Å². The Labute approximate surface area is 158 Å². The molecule has 0 radical (unpaired) electrons. The van der Waals surface area contributed by atoms with E-state index in [1.54, 1.807) is 24.3 Å². The zero-order valence-electron chi connectivity index (χ0n) is 14.8. The van der Waals surface area contributed by atoms with Crippen LogP contribution in [0.15, 0.2) is 42.5 Å². The van der Waals surface area contributed by atoms with E-state index in [1.165, 1.54) is 13.0 Å². The average Bonchev–Trinajstić information content (AvgIpc) is 3.39. The van der Waals surface area contributed by atoms with Crippen LogP contribution in [-0.2, 0) is 4.74 Å². The van der Waals surface area contributed by atoms with Gasteiger partial charge in [-0.25, -0.2) is 8.78 Å². The summed E-state index contributed by atoms with van der Waals surface area (Å²) in [6.45, 7) is 0.783. The molecular formula is C20H17F5N2O. The molecule has 0 aromatic heterocycles. The normalized spacial score (nSPS) is 27.1. The molecule has 0 bridgehead atoms. The summed E-state index contributed by atoms with van der Waals surface area (Å²) in [4.78, 5) is 0. The van der Waals surface area contributed by atoms with Crippen LogP contribution in [0.5, 0.6) is 0 Å². The van der Waals surface area contributed by atoms with E-state index in [2.05, 4.69) is 5.32 Å². The minimum absolute atomic E-state index is 0.435. The van der Waals surface area contributed by atoms with Gasteiger partial charge in [-0.15, -0.1) is 0 Å². The van der Waals surface area contributed by atoms with Crippen LogP contribution in [0.3, 0.4) is 0 Å². The molecule has 0 spiro atoms. The molecule has 4 rings (SSSR count). The number of epoxide rings is 1. The van der Waals surface area contributed by atoms with Crippen molar-refractivity contribution in [2.45, 2.75) is 30.2 Å². The number of rotatable bonds is 3. The molecule has 28 heavy (non-hydrogen) atoms. The summed E-state index contributed by atoms with van der Waals surface area (Å²) in [5, 5.41) is 3.01. The van der Waals surface area contributed by atoms with Crippen LogP contribution in [0, 0.1) is 11.6 Å². The number of benzene rings is 2. The largest absolute Gasteiger partial charge is 0.420 e. The van der Waals surface area contributed by atoms with Crippen LogP contribution in [0.1, 0.15) is 24.0 Å². The summed E-state index contributed by atoms with van der Waals surface area (Å²) in [5.41, 5.74) is 2.58. The van der Waals surface area contributed by atoms with Crippen LogP contribution in [0.2, 0.25) is 0 Å². The van der Waals surface area contributed by atoms with Gasteiger partial charge in [0.25, 0.3) is 0 Å². The molecule has 2 aromatic rings. The van der Waals surface area contributed by atoms with E-state index in [0.717, 1.165) is 18.2 Å². The monoisotopic (exact) mass is 396 g/mol. The number of nitrogens with two attached hydrogens (primary N) is 1. The van der Waals surface area contributed by atoms with E-state index >= 15 is 0 Å². The first kappa shape index (κ1) is 18.7. The predicted molar refractivity (Wildman–Crippen MR) is 95.8 cm³/mol. The van der Waals surface area contributed by atoms with Crippen LogP contribution < -0.4 is 11.1 Å². The zero-order chi connectivity index (χ0) is 20.3. The van der Waals surface area contributed by atoms with Gasteiger partial charge in [0.15, 0.2) is 5.60 Å². The van der Waals surface area contributed by atoms with E-state index in [-0.39, 0.29) is 0 Å². The molecule has 8 heteroatoms. The minimum atomic E-state index is -4.82. The predicted octanol–water partition coefficient (Wildman–Crippen LogP) is 4.86. The topological polar surface area (TPSA) is 50.6 Å². The minimum Gasteiger partial charge on any atom is -0.398 e. The molecule has 3 unspecified atom stereocenters. The van der Waals surface area contributed by atoms with Crippen molar-refractivity contribution in [3.63, 3.8) is 0 Å². The lowest BCUT2D eigenvalue weighted by atomic mass is 9.70. The zero-order valence-corrected chi connectivity index (χ0v) is 14.8. The molecule has 2 heterocycles. The fourth-order valence-electron chi connectivity index (χ4n) is 4.01. The number of ether oxygens (including phenoxy) is 1. The number of hydrogen-bond donors (Lipinski definition) is 2. The van der Waals surface area contributed by atoms with Crippen LogP contribution in [-0.4, -0.2) is 23.9 Å². The standard InChI is InChI=1S/C20H17F5N2O/c1-18(9-8-11-14(26)6-3-7-15(11)27-18)17(19(10-28-19)20(23,24)25)16-12(21)4-2-5-13(16)22/h2-9,17,27H,10,26H2,1H3. The lowest BCUT2D eigenvalue weighted by Gasteiger charge is -2.43. The van der Waals surface area contributed by atoms with Crippen molar-refractivity contribution in [1.29, 1.82) is 0 Å². The number of alkyl halides is 3. The summed E-state index contributed by atoms with van der Waals surface area (Å²) in [6.07, 6.45) is -1.79. The highest BCUT2D eigenvalue weighted by Gasteiger charge is 2.74. The lowest BCUT2D eigenvalue weighted by molar-refractivity contribution is -0.193. The fourth-order valence-corrected chi connectivity index (χ4v) is 4.01. The Morgan fingerprint density at radius 3 is 2.29 bits per heavy atom. The van der Waals surface area contributed by atoms with Crippen molar-refractivity contribution < 1.29 is 26.7 Å². The highest BCUT2D eigenvalue weighted by molar-refractivity contribution is 5.81. The molecule has 0 saturated carbocycles. The fraction of sp³-hybridized carbons (Fsp3) is 0.300. The maximum atomic E-state index is 14.6. The van der Waals surface area contributed by atoms with Gasteiger partial charge in [0.05, 0.1) is 18.1 Å². The number of anilines is 2. The molecule has 3 atom stereocenters. The van der Waals surface area contributed by atoms with E-state index in [1.807, 2.05) is 0 Å². The Balaban J connectivity index is 1.91. The highest BCUT2D eigenvalue weighted by atomic mass is 19.4. The molecule has 0 aliphatic carbocycles. The van der Waals surface area contributed by atoms with Crippen LogP contribution in [0.25, 0.3) is 6.08 Å². The SMILES string of the molecule is CC1(C(c2c(F)cccc2F)C2(C(F)(F)F)CO2)C=Cc2c(N)cccc2N1. The summed E-state index contributed by atoms with van der Waals surface area (Å²) < 4.78 is 75.9. The van der Waals surface area contributed by atoms with Crippen molar-refractivity contribution in [3.8, 4) is 0 Å². The maximum absolute atomic E-state index is 14.6. The van der Waals surface area contributed by atoms with Gasteiger partial charge in [-0.3, -0.25) is 0 Å². The number of nitrogen functional groups attached to an aromatic ring is 1. The number of hydrogen-bond acceptors (Lipinski definition) is 3. The Morgan fingerprint density at radius 1 is 1.11 bits per heavy atom. The summed E-state index contributed by atoms with van der Waals surface area (Å²) in [7, 11) is 0. The van der Waals surface area contributed by atoms with Gasteiger partial charge in [0, 0.05) is 22.5 Å². The maximum Gasteiger partial charge on any atom is 0.420 e. The molecule has 3 N–H and O–H groups in total. The Morgan fingerprint density at radius 2 is 1.71 bits per heavy atom. The molecular weight excluding hydrogens is 379 g/mol. The molecule has 3 nitrogen and oxygen atoms in total. The second-order valence-electron chi connectivity index (χ2n) is 7.29. The Bertz CT molecular complexity index is 947. The Kier molecular flexibility index (Phi) is 3.98. The third-order valence-electron chi connectivity index (χ3n) is 5.43. The van der Waals surface area contributed by atoms with Gasteiger partial charge >= 0.3 is 6.18 Å². The number of nitrogens with one attached hydrogen (secondary N) is 1. The Hall–Kier alpha value is -2.61. The second kappa shape index (κ2) is 5.94. The van der Waals surface area contributed by atoms with Crippen LogP contribution in [0.4, 0.5) is 33.3 Å². The third kappa shape index (κ3) is 2.66. The van der Waals surface area contributed by atoms with Gasteiger partial charge in [-0.1, -0.05) is 24.3 Å². The van der Waals surface area contributed by atoms with Gasteiger partial charge in [-0.2, -0.15) is 13.2 Å². The molecule has 148 valence electrons. The number of fused-ring (bicyclic) bond motifs is 1. The molecule has 1 fully saturated rings. The second-order valence-corrected chi connectivity index (χ2v) is 7.29. The average molecular weight is 396 g/mol. The smallest absolute Gasteiger partial charge is 0.398 e. The van der Waals surface area contributed by atoms with Gasteiger partial charge < -0.3 is 15.8 Å².